The van der Waals surface area contributed by atoms with E-state index in [1.54, 1.807) is 0 Å². The minimum absolute atomic E-state index is 0. The van der Waals surface area contributed by atoms with Crippen LogP contribution in [0.1, 0.15) is 0 Å². The van der Waals surface area contributed by atoms with Gasteiger partial charge in [0.1, 0.15) is 13.2 Å². The van der Waals surface area contributed by atoms with Gasteiger partial charge in [0.2, 0.25) is 0 Å². The molecule has 2 saturated heterocycles. The maximum absolute atomic E-state index is 12.1. The Labute approximate surface area is 102 Å². The first-order valence-electron chi connectivity index (χ1n) is 4.23. The molecular formula is C6H9Cl2N2O5P. The molecule has 0 aliphatic carbocycles. The fourth-order valence-electron chi connectivity index (χ4n) is 1.35. The Bertz CT molecular complexity index is 335. The first kappa shape index (κ1) is 13.4. The molecule has 0 bridgehead atoms. The first-order chi connectivity index (χ1) is 7.03. The van der Waals surface area contributed by atoms with Crippen LogP contribution in [0.25, 0.3) is 0 Å². The fraction of sp³-hybridized carbons (Fsp3) is 0.667. The lowest BCUT2D eigenvalue weighted by Crippen LogP contribution is -2.30. The van der Waals surface area contributed by atoms with E-state index in [0.29, 0.717) is 0 Å². The normalized spacial score (nSPS) is 20.6. The van der Waals surface area contributed by atoms with Gasteiger partial charge in [-0.1, -0.05) is 0 Å². The molecule has 0 aromatic carbocycles. The van der Waals surface area contributed by atoms with Crippen LogP contribution >= 0.6 is 30.4 Å². The number of rotatable bonds is 2. The maximum atomic E-state index is 12.1. The van der Waals surface area contributed by atoms with Crippen LogP contribution in [0.2, 0.25) is 0 Å². The monoisotopic (exact) mass is 290 g/mol. The third-order valence-electron chi connectivity index (χ3n) is 2.07. The predicted molar refractivity (Wildman–Crippen MR) is 56.8 cm³/mol. The SMILES string of the molecule is Cl.O=C1OCCN1P(=O)(Cl)N1CCOC1=O. The third-order valence-corrected chi connectivity index (χ3v) is 5.09. The highest BCUT2D eigenvalue weighted by atomic mass is 35.7. The fourth-order valence-corrected chi connectivity index (χ4v) is 3.61. The van der Waals surface area contributed by atoms with E-state index in [2.05, 4.69) is 9.47 Å². The molecular weight excluding hydrogens is 282 g/mol. The molecule has 16 heavy (non-hydrogen) atoms. The number of halogens is 2. The van der Waals surface area contributed by atoms with E-state index in [4.69, 9.17) is 11.2 Å². The van der Waals surface area contributed by atoms with Gasteiger partial charge >= 0.3 is 19.0 Å². The Kier molecular flexibility index (Phi) is 3.93. The van der Waals surface area contributed by atoms with Gasteiger partial charge in [0.05, 0.1) is 13.1 Å². The molecule has 92 valence electrons. The summed E-state index contributed by atoms with van der Waals surface area (Å²) in [7, 11) is 0. The molecule has 2 fully saturated rings. The standard InChI is InChI=1S/C6H8ClN2O5P.ClH/c7-15(12,8-1-3-13-5(8)10)9-2-4-14-6(9)11;/h1-4H2;1H. The summed E-state index contributed by atoms with van der Waals surface area (Å²) >= 11 is 5.74. The minimum atomic E-state index is -3.71. The smallest absolute Gasteiger partial charge is 0.417 e. The van der Waals surface area contributed by atoms with Crippen molar-refractivity contribution >= 4 is 42.6 Å². The van der Waals surface area contributed by atoms with Crippen molar-refractivity contribution in [1.82, 2.24) is 9.34 Å². The molecule has 0 aromatic rings. The first-order valence-corrected chi connectivity index (χ1v) is 6.74. The summed E-state index contributed by atoms with van der Waals surface area (Å²) in [6.45, 7) is -3.23. The van der Waals surface area contributed by atoms with Crippen molar-refractivity contribution in [2.24, 2.45) is 0 Å². The summed E-state index contributed by atoms with van der Waals surface area (Å²) in [6, 6.07) is 0. The molecule has 0 unspecified atom stereocenters. The lowest BCUT2D eigenvalue weighted by Gasteiger charge is -2.25. The summed E-state index contributed by atoms with van der Waals surface area (Å²) in [6.07, 6.45) is -1.54. The van der Waals surface area contributed by atoms with Crippen molar-refractivity contribution in [3.8, 4) is 0 Å². The highest BCUT2D eigenvalue weighted by Gasteiger charge is 2.47. The van der Waals surface area contributed by atoms with Crippen LogP contribution < -0.4 is 0 Å². The van der Waals surface area contributed by atoms with Crippen LogP contribution in [-0.4, -0.2) is 47.8 Å². The molecule has 2 aliphatic heterocycles. The van der Waals surface area contributed by atoms with Crippen molar-refractivity contribution in [1.29, 1.82) is 0 Å². The van der Waals surface area contributed by atoms with Crippen LogP contribution in [0.15, 0.2) is 0 Å². The van der Waals surface area contributed by atoms with Gasteiger partial charge in [0.25, 0.3) is 0 Å². The van der Waals surface area contributed by atoms with Crippen molar-refractivity contribution in [3.05, 3.63) is 0 Å². The largest absolute Gasteiger partial charge is 0.447 e. The molecule has 0 aromatic heterocycles. The zero-order chi connectivity index (χ0) is 11.1. The van der Waals surface area contributed by atoms with Gasteiger partial charge in [-0.25, -0.2) is 18.9 Å². The number of ether oxygens (including phenoxy) is 2. The number of cyclic esters (lactones) is 2. The number of hydrogen-bond donors (Lipinski definition) is 0. The van der Waals surface area contributed by atoms with E-state index in [9.17, 15) is 14.2 Å². The number of nitrogens with zero attached hydrogens (tertiary/aromatic N) is 2. The highest BCUT2D eigenvalue weighted by molar-refractivity contribution is 7.86. The number of carbonyl (C=O) groups is 2. The summed E-state index contributed by atoms with van der Waals surface area (Å²) in [5.41, 5.74) is 0. The molecule has 0 spiro atoms. The third kappa shape index (κ3) is 2.07. The van der Waals surface area contributed by atoms with E-state index >= 15 is 0 Å². The Morgan fingerprint density at radius 3 is 1.69 bits per heavy atom. The van der Waals surface area contributed by atoms with Crippen LogP contribution in [0.5, 0.6) is 0 Å². The zero-order valence-corrected chi connectivity index (χ0v) is 10.5. The van der Waals surface area contributed by atoms with Crippen molar-refractivity contribution in [2.45, 2.75) is 0 Å². The van der Waals surface area contributed by atoms with Gasteiger partial charge in [-0.05, 0) is 11.2 Å². The van der Waals surface area contributed by atoms with Crippen molar-refractivity contribution < 1.29 is 23.6 Å². The molecule has 2 amide bonds. The van der Waals surface area contributed by atoms with Gasteiger partial charge in [-0.15, -0.1) is 12.4 Å². The second-order valence-corrected chi connectivity index (χ2v) is 6.18. The molecule has 2 heterocycles. The Morgan fingerprint density at radius 1 is 1.06 bits per heavy atom. The summed E-state index contributed by atoms with van der Waals surface area (Å²) in [5.74, 6) is 0. The van der Waals surface area contributed by atoms with Gasteiger partial charge in [0.15, 0.2) is 0 Å². The Morgan fingerprint density at radius 2 is 1.44 bits per heavy atom. The van der Waals surface area contributed by atoms with Crippen molar-refractivity contribution in [2.75, 3.05) is 26.3 Å². The molecule has 10 heteroatoms. The van der Waals surface area contributed by atoms with Crippen LogP contribution in [0, 0.1) is 0 Å². The van der Waals surface area contributed by atoms with Gasteiger partial charge in [0, 0.05) is 0 Å². The van der Waals surface area contributed by atoms with Crippen molar-refractivity contribution in [3.63, 3.8) is 0 Å². The zero-order valence-electron chi connectivity index (χ0n) is 8.00. The molecule has 2 rings (SSSR count). The summed E-state index contributed by atoms with van der Waals surface area (Å²) < 4.78 is 23.0. The average molecular weight is 291 g/mol. The predicted octanol–water partition coefficient (Wildman–Crippen LogP) is 1.66. The van der Waals surface area contributed by atoms with E-state index in [0.717, 1.165) is 9.34 Å². The summed E-state index contributed by atoms with van der Waals surface area (Å²) in [5, 5.41) is 0. The Balaban J connectivity index is 0.00000128. The van der Waals surface area contributed by atoms with Gasteiger partial charge < -0.3 is 9.47 Å². The summed E-state index contributed by atoms with van der Waals surface area (Å²) in [4.78, 5) is 22.3. The second-order valence-electron chi connectivity index (χ2n) is 2.95. The van der Waals surface area contributed by atoms with E-state index in [1.807, 2.05) is 0 Å². The van der Waals surface area contributed by atoms with Crippen LogP contribution in [0.4, 0.5) is 9.59 Å². The molecule has 0 saturated carbocycles. The molecule has 0 N–H and O–H groups in total. The number of amides is 2. The molecule has 2 aliphatic rings. The second kappa shape index (κ2) is 4.69. The quantitative estimate of drug-likeness (QED) is 0.723. The topological polar surface area (TPSA) is 76.2 Å². The number of hydrogen-bond acceptors (Lipinski definition) is 5. The van der Waals surface area contributed by atoms with E-state index < -0.39 is 19.0 Å². The van der Waals surface area contributed by atoms with Crippen LogP contribution in [0.3, 0.4) is 0 Å². The lowest BCUT2D eigenvalue weighted by atomic mass is 10.7. The van der Waals surface area contributed by atoms with Gasteiger partial charge in [-0.2, -0.15) is 0 Å². The minimum Gasteiger partial charge on any atom is -0.447 e. The average Bonchev–Trinajstić information content (AvgIpc) is 2.73. The lowest BCUT2D eigenvalue weighted by molar-refractivity contribution is 0.166. The maximum Gasteiger partial charge on any atom is 0.417 e. The van der Waals surface area contributed by atoms with E-state index in [1.165, 1.54) is 0 Å². The van der Waals surface area contributed by atoms with Gasteiger partial charge in [-0.3, -0.25) is 4.57 Å². The molecule has 0 radical (unpaired) electrons. The van der Waals surface area contributed by atoms with E-state index in [-0.39, 0.29) is 38.7 Å². The number of carbonyl (C=O) groups excluding carboxylic acids is 2. The van der Waals surface area contributed by atoms with Crippen LogP contribution in [-0.2, 0) is 14.0 Å². The molecule has 7 nitrogen and oxygen atoms in total. The molecule has 0 atom stereocenters. The highest BCUT2D eigenvalue weighted by Crippen LogP contribution is 2.59. The Hall–Kier alpha value is -0.650.